The van der Waals surface area contributed by atoms with Crippen LogP contribution in [0, 0.1) is 6.92 Å². The van der Waals surface area contributed by atoms with Gasteiger partial charge in [-0.2, -0.15) is 0 Å². The summed E-state index contributed by atoms with van der Waals surface area (Å²) in [5.74, 6) is -0.162. The molecule has 0 saturated carbocycles. The number of nitrogens with zero attached hydrogens (tertiary/aromatic N) is 2. The highest BCUT2D eigenvalue weighted by Crippen LogP contribution is 2.24. The Balaban J connectivity index is 2.38. The minimum atomic E-state index is -0.416. The molecule has 1 heterocycles. The highest BCUT2D eigenvalue weighted by atomic mass is 16.2. The molecule has 1 unspecified atom stereocenters. The number of hydrogen-bond acceptors (Lipinski definition) is 2. The van der Waals surface area contributed by atoms with E-state index in [0.29, 0.717) is 0 Å². The molecule has 1 atom stereocenters. The van der Waals surface area contributed by atoms with E-state index in [4.69, 9.17) is 0 Å². The summed E-state index contributed by atoms with van der Waals surface area (Å²) in [6.45, 7) is 3.72. The third kappa shape index (κ3) is 1.46. The van der Waals surface area contributed by atoms with Crippen molar-refractivity contribution in [2.24, 2.45) is 0 Å². The summed E-state index contributed by atoms with van der Waals surface area (Å²) in [5.41, 5.74) is 1.89. The number of carbonyl (C=O) groups excluding carboxylic acids is 2. The van der Waals surface area contributed by atoms with Crippen molar-refractivity contribution >= 4 is 17.6 Å². The van der Waals surface area contributed by atoms with Crippen molar-refractivity contribution in [3.63, 3.8) is 0 Å². The van der Waals surface area contributed by atoms with E-state index in [2.05, 4.69) is 0 Å². The third-order valence-corrected chi connectivity index (χ3v) is 2.88. The maximum atomic E-state index is 11.8. The molecule has 0 aromatic heterocycles. The molecule has 4 nitrogen and oxygen atoms in total. The van der Waals surface area contributed by atoms with Crippen LogP contribution in [0.3, 0.4) is 0 Å². The predicted molar refractivity (Wildman–Crippen MR) is 61.3 cm³/mol. The van der Waals surface area contributed by atoms with Gasteiger partial charge in [0, 0.05) is 12.7 Å². The summed E-state index contributed by atoms with van der Waals surface area (Å²) in [7, 11) is 1.51. The van der Waals surface area contributed by atoms with Crippen LogP contribution in [-0.4, -0.2) is 29.9 Å². The number of likely N-dealkylation sites (N-methyl/N-ethyl adjacent to an activating group) is 1. The average Bonchev–Trinajstić information content (AvgIpc) is 2.46. The lowest BCUT2D eigenvalue weighted by Crippen LogP contribution is -2.32. The normalized spacial score (nSPS) is 20.8. The van der Waals surface area contributed by atoms with E-state index >= 15 is 0 Å². The van der Waals surface area contributed by atoms with Gasteiger partial charge in [-0.1, -0.05) is 17.7 Å². The fourth-order valence-electron chi connectivity index (χ4n) is 1.85. The molecular weight excluding hydrogens is 204 g/mol. The zero-order valence-electron chi connectivity index (χ0n) is 9.60. The van der Waals surface area contributed by atoms with Crippen molar-refractivity contribution in [2.45, 2.75) is 19.9 Å². The molecule has 1 aliphatic heterocycles. The fourth-order valence-corrected chi connectivity index (χ4v) is 1.85. The van der Waals surface area contributed by atoms with E-state index in [0.717, 1.165) is 16.2 Å². The number of urea groups is 1. The van der Waals surface area contributed by atoms with Gasteiger partial charge in [-0.15, -0.1) is 0 Å². The zero-order valence-corrected chi connectivity index (χ0v) is 9.60. The molecule has 3 amide bonds. The van der Waals surface area contributed by atoms with Gasteiger partial charge in [-0.05, 0) is 26.0 Å². The van der Waals surface area contributed by atoms with Gasteiger partial charge in [0.05, 0.1) is 0 Å². The van der Waals surface area contributed by atoms with Gasteiger partial charge in [-0.25, -0.2) is 4.79 Å². The van der Waals surface area contributed by atoms with E-state index in [1.165, 1.54) is 11.9 Å². The van der Waals surface area contributed by atoms with Crippen LogP contribution in [0.2, 0.25) is 0 Å². The van der Waals surface area contributed by atoms with E-state index in [9.17, 15) is 9.59 Å². The topological polar surface area (TPSA) is 40.6 Å². The summed E-state index contributed by atoms with van der Waals surface area (Å²) < 4.78 is 0. The number of aryl methyl sites for hydroxylation is 1. The van der Waals surface area contributed by atoms with Gasteiger partial charge >= 0.3 is 6.03 Å². The molecule has 0 bridgehead atoms. The number of anilines is 1. The Morgan fingerprint density at radius 3 is 2.12 bits per heavy atom. The van der Waals surface area contributed by atoms with Gasteiger partial charge in [0.15, 0.2) is 0 Å². The van der Waals surface area contributed by atoms with Crippen LogP contribution in [-0.2, 0) is 4.79 Å². The zero-order chi connectivity index (χ0) is 11.9. The minimum absolute atomic E-state index is 0.162. The van der Waals surface area contributed by atoms with Gasteiger partial charge < -0.3 is 0 Å². The molecule has 0 N–H and O–H groups in total. The predicted octanol–water partition coefficient (Wildman–Crippen LogP) is 1.78. The Bertz CT molecular complexity index is 439. The summed E-state index contributed by atoms with van der Waals surface area (Å²) in [4.78, 5) is 26.1. The second-order valence-electron chi connectivity index (χ2n) is 4.06. The van der Waals surface area contributed by atoms with Gasteiger partial charge in [-0.3, -0.25) is 14.6 Å². The fraction of sp³-hybridized carbons (Fsp3) is 0.333. The van der Waals surface area contributed by atoms with Crippen LogP contribution in [0.15, 0.2) is 24.3 Å². The van der Waals surface area contributed by atoms with E-state index in [-0.39, 0.29) is 11.9 Å². The average molecular weight is 218 g/mol. The Labute approximate surface area is 94.5 Å². The number of amides is 3. The van der Waals surface area contributed by atoms with Crippen molar-refractivity contribution in [1.29, 1.82) is 0 Å². The van der Waals surface area contributed by atoms with Gasteiger partial charge in [0.2, 0.25) is 0 Å². The molecule has 1 aromatic carbocycles. The van der Waals surface area contributed by atoms with E-state index in [1.807, 2.05) is 31.2 Å². The molecule has 4 heteroatoms. The molecule has 0 radical (unpaired) electrons. The van der Waals surface area contributed by atoms with Crippen molar-refractivity contribution in [2.75, 3.05) is 11.9 Å². The lowest BCUT2D eigenvalue weighted by Gasteiger charge is -2.18. The Kier molecular flexibility index (Phi) is 2.42. The van der Waals surface area contributed by atoms with Crippen molar-refractivity contribution in [3.8, 4) is 0 Å². The molecule has 84 valence electrons. The van der Waals surface area contributed by atoms with Crippen LogP contribution < -0.4 is 4.90 Å². The minimum Gasteiger partial charge on any atom is -0.282 e. The number of hydrogen-bond donors (Lipinski definition) is 0. The van der Waals surface area contributed by atoms with Gasteiger partial charge in [0.25, 0.3) is 5.91 Å². The quantitative estimate of drug-likeness (QED) is 0.674. The first kappa shape index (κ1) is 10.7. The van der Waals surface area contributed by atoms with Crippen molar-refractivity contribution in [1.82, 2.24) is 4.90 Å². The van der Waals surface area contributed by atoms with Gasteiger partial charge in [0.1, 0.15) is 6.04 Å². The first-order valence-electron chi connectivity index (χ1n) is 5.20. The lowest BCUT2D eigenvalue weighted by molar-refractivity contribution is -0.125. The number of carbonyl (C=O) groups is 2. The highest BCUT2D eigenvalue weighted by molar-refractivity contribution is 6.13. The summed E-state index contributed by atoms with van der Waals surface area (Å²) in [5, 5.41) is 0. The number of imide groups is 1. The Morgan fingerprint density at radius 1 is 1.12 bits per heavy atom. The monoisotopic (exact) mass is 218 g/mol. The second kappa shape index (κ2) is 3.63. The summed E-state index contributed by atoms with van der Waals surface area (Å²) in [6.07, 6.45) is 0. The molecule has 0 aliphatic carbocycles. The standard InChI is InChI=1S/C12H14N2O2/c1-8-4-6-10(7-5-8)14-9(2)11(15)13(3)12(14)16/h4-7,9H,1-3H3. The van der Waals surface area contributed by atoms with Crippen LogP contribution in [0.25, 0.3) is 0 Å². The largest absolute Gasteiger partial charge is 0.331 e. The third-order valence-electron chi connectivity index (χ3n) is 2.88. The molecular formula is C12H14N2O2. The molecule has 1 aliphatic rings. The lowest BCUT2D eigenvalue weighted by atomic mass is 10.2. The maximum Gasteiger partial charge on any atom is 0.331 e. The Morgan fingerprint density at radius 2 is 1.69 bits per heavy atom. The van der Waals surface area contributed by atoms with E-state index < -0.39 is 6.04 Å². The van der Waals surface area contributed by atoms with Crippen LogP contribution in [0.5, 0.6) is 0 Å². The molecule has 0 spiro atoms. The maximum absolute atomic E-state index is 11.8. The molecule has 2 rings (SSSR count). The first-order chi connectivity index (χ1) is 7.52. The first-order valence-corrected chi connectivity index (χ1v) is 5.20. The summed E-state index contributed by atoms with van der Waals surface area (Å²) >= 11 is 0. The van der Waals surface area contributed by atoms with Crippen LogP contribution in [0.1, 0.15) is 12.5 Å². The number of benzene rings is 1. The number of rotatable bonds is 1. The highest BCUT2D eigenvalue weighted by Gasteiger charge is 2.40. The molecule has 1 saturated heterocycles. The SMILES string of the molecule is Cc1ccc(N2C(=O)N(C)C(=O)C2C)cc1. The second-order valence-corrected chi connectivity index (χ2v) is 4.06. The smallest absolute Gasteiger partial charge is 0.282 e. The van der Waals surface area contributed by atoms with Crippen LogP contribution in [0.4, 0.5) is 10.5 Å². The summed E-state index contributed by atoms with van der Waals surface area (Å²) in [6, 6.07) is 6.89. The van der Waals surface area contributed by atoms with Crippen molar-refractivity contribution < 1.29 is 9.59 Å². The van der Waals surface area contributed by atoms with Crippen molar-refractivity contribution in [3.05, 3.63) is 29.8 Å². The Hall–Kier alpha value is -1.84. The molecule has 16 heavy (non-hydrogen) atoms. The molecule has 1 fully saturated rings. The van der Waals surface area contributed by atoms with Crippen LogP contribution >= 0.6 is 0 Å². The van der Waals surface area contributed by atoms with E-state index in [1.54, 1.807) is 6.92 Å². The molecule has 1 aromatic rings.